The van der Waals surface area contributed by atoms with E-state index in [0.717, 1.165) is 24.8 Å². The van der Waals surface area contributed by atoms with Crippen molar-refractivity contribution in [2.75, 3.05) is 18.4 Å². The summed E-state index contributed by atoms with van der Waals surface area (Å²) in [5.74, 6) is -1.09. The summed E-state index contributed by atoms with van der Waals surface area (Å²) in [5.41, 5.74) is 6.36. The topological polar surface area (TPSA) is 123 Å². The molecular formula is C18H21N3O5S. The zero-order valence-electron chi connectivity index (χ0n) is 14.7. The standard InChI is InChI=1S/C18H21N3O5S/c19-16(22)12-13-4-6-14(7-5-13)20-18(23)15-8-9-17(26-15)27(24,25)21-10-2-1-3-11-21/h4-9H,1-3,10-12H2,(H2,19,22)(H,20,23). The summed E-state index contributed by atoms with van der Waals surface area (Å²) in [5, 5.41) is 2.40. The van der Waals surface area contributed by atoms with E-state index >= 15 is 0 Å². The molecule has 0 saturated carbocycles. The molecule has 27 heavy (non-hydrogen) atoms. The lowest BCUT2D eigenvalue weighted by molar-refractivity contribution is -0.117. The van der Waals surface area contributed by atoms with E-state index in [0.29, 0.717) is 18.8 Å². The zero-order chi connectivity index (χ0) is 19.4. The van der Waals surface area contributed by atoms with E-state index in [9.17, 15) is 18.0 Å². The van der Waals surface area contributed by atoms with Crippen molar-refractivity contribution in [3.8, 4) is 0 Å². The number of piperidine rings is 1. The van der Waals surface area contributed by atoms with Gasteiger partial charge in [-0.15, -0.1) is 0 Å². The molecule has 0 spiro atoms. The number of amides is 2. The molecule has 1 aromatic heterocycles. The van der Waals surface area contributed by atoms with Crippen molar-refractivity contribution < 1.29 is 22.4 Å². The van der Waals surface area contributed by atoms with Crippen LogP contribution in [-0.4, -0.2) is 37.6 Å². The van der Waals surface area contributed by atoms with Gasteiger partial charge in [-0.05, 0) is 42.7 Å². The summed E-state index contributed by atoms with van der Waals surface area (Å²) in [6.07, 6.45) is 2.76. The highest BCUT2D eigenvalue weighted by Crippen LogP contribution is 2.23. The van der Waals surface area contributed by atoms with Gasteiger partial charge in [-0.3, -0.25) is 9.59 Å². The van der Waals surface area contributed by atoms with Gasteiger partial charge >= 0.3 is 0 Å². The minimum Gasteiger partial charge on any atom is -0.438 e. The Balaban J connectivity index is 1.68. The number of rotatable bonds is 6. The van der Waals surface area contributed by atoms with Gasteiger partial charge in [-0.1, -0.05) is 18.6 Å². The quantitative estimate of drug-likeness (QED) is 0.776. The molecule has 1 saturated heterocycles. The molecule has 8 nitrogen and oxygen atoms in total. The number of hydrogen-bond donors (Lipinski definition) is 2. The molecule has 0 radical (unpaired) electrons. The number of benzene rings is 1. The molecule has 144 valence electrons. The molecule has 0 atom stereocenters. The van der Waals surface area contributed by atoms with E-state index in [1.807, 2.05) is 0 Å². The number of hydrogen-bond acceptors (Lipinski definition) is 5. The van der Waals surface area contributed by atoms with E-state index in [1.54, 1.807) is 24.3 Å². The highest BCUT2D eigenvalue weighted by atomic mass is 32.2. The van der Waals surface area contributed by atoms with Crippen LogP contribution >= 0.6 is 0 Å². The minimum absolute atomic E-state index is 0.0909. The highest BCUT2D eigenvalue weighted by Gasteiger charge is 2.29. The van der Waals surface area contributed by atoms with Crippen LogP contribution in [0.3, 0.4) is 0 Å². The van der Waals surface area contributed by atoms with Gasteiger partial charge in [0.1, 0.15) is 0 Å². The summed E-state index contributed by atoms with van der Waals surface area (Å²) in [6.45, 7) is 0.921. The molecule has 0 unspecified atom stereocenters. The lowest BCUT2D eigenvalue weighted by Crippen LogP contribution is -2.35. The normalized spacial score (nSPS) is 15.4. The van der Waals surface area contributed by atoms with E-state index < -0.39 is 21.8 Å². The van der Waals surface area contributed by atoms with Crippen molar-refractivity contribution in [3.05, 3.63) is 47.7 Å². The zero-order valence-corrected chi connectivity index (χ0v) is 15.5. The molecule has 0 bridgehead atoms. The molecule has 0 aliphatic carbocycles. The molecule has 1 fully saturated rings. The monoisotopic (exact) mass is 391 g/mol. The molecule has 2 aromatic rings. The van der Waals surface area contributed by atoms with Gasteiger partial charge in [0.2, 0.25) is 11.0 Å². The SMILES string of the molecule is NC(=O)Cc1ccc(NC(=O)c2ccc(S(=O)(=O)N3CCCCC3)o2)cc1. The first-order chi connectivity index (χ1) is 12.9. The van der Waals surface area contributed by atoms with Crippen molar-refractivity contribution in [1.29, 1.82) is 0 Å². The molecule has 3 N–H and O–H groups in total. The maximum Gasteiger partial charge on any atom is 0.291 e. The smallest absolute Gasteiger partial charge is 0.291 e. The largest absolute Gasteiger partial charge is 0.438 e. The van der Waals surface area contributed by atoms with Crippen LogP contribution < -0.4 is 11.1 Å². The Morgan fingerprint density at radius 3 is 2.33 bits per heavy atom. The van der Waals surface area contributed by atoms with Crippen molar-refractivity contribution >= 4 is 27.5 Å². The van der Waals surface area contributed by atoms with Gasteiger partial charge in [-0.25, -0.2) is 8.42 Å². The van der Waals surface area contributed by atoms with Gasteiger partial charge in [0.05, 0.1) is 6.42 Å². The van der Waals surface area contributed by atoms with Crippen LogP contribution in [0.25, 0.3) is 0 Å². The number of nitrogens with one attached hydrogen (secondary N) is 1. The van der Waals surface area contributed by atoms with Crippen LogP contribution in [-0.2, 0) is 21.2 Å². The number of nitrogens with two attached hydrogens (primary N) is 1. The fourth-order valence-electron chi connectivity index (χ4n) is 2.91. The number of carbonyl (C=O) groups is 2. The Morgan fingerprint density at radius 2 is 1.70 bits per heavy atom. The summed E-state index contributed by atoms with van der Waals surface area (Å²) in [6, 6.07) is 9.25. The molecule has 1 aliphatic heterocycles. The first kappa shape index (κ1) is 19.1. The fourth-order valence-corrected chi connectivity index (χ4v) is 4.34. The first-order valence-corrected chi connectivity index (χ1v) is 10.1. The third-order valence-electron chi connectivity index (χ3n) is 4.30. The van der Waals surface area contributed by atoms with Crippen LogP contribution in [0.1, 0.15) is 35.4 Å². The molecule has 9 heteroatoms. The number of sulfonamides is 1. The molecule has 1 aromatic carbocycles. The summed E-state index contributed by atoms with van der Waals surface area (Å²) >= 11 is 0. The number of primary amides is 1. The second-order valence-corrected chi connectivity index (χ2v) is 8.25. The van der Waals surface area contributed by atoms with Gasteiger partial charge in [-0.2, -0.15) is 4.31 Å². The van der Waals surface area contributed by atoms with E-state index in [1.165, 1.54) is 16.4 Å². The van der Waals surface area contributed by atoms with Gasteiger partial charge in [0.15, 0.2) is 5.76 Å². The van der Waals surface area contributed by atoms with Gasteiger partial charge in [0.25, 0.3) is 15.9 Å². The molecule has 2 heterocycles. The third kappa shape index (κ3) is 4.55. The average molecular weight is 391 g/mol. The predicted molar refractivity (Wildman–Crippen MR) is 98.6 cm³/mol. The van der Waals surface area contributed by atoms with Gasteiger partial charge in [0, 0.05) is 18.8 Å². The summed E-state index contributed by atoms with van der Waals surface area (Å²) < 4.78 is 31.8. The Labute approximate surface area is 157 Å². The Kier molecular flexibility index (Phi) is 5.62. The van der Waals surface area contributed by atoms with Crippen molar-refractivity contribution in [2.24, 2.45) is 5.73 Å². The summed E-state index contributed by atoms with van der Waals surface area (Å²) in [4.78, 5) is 23.2. The number of anilines is 1. The van der Waals surface area contributed by atoms with Crippen molar-refractivity contribution in [1.82, 2.24) is 4.31 Å². The number of furan rings is 1. The predicted octanol–water partition coefficient (Wildman–Crippen LogP) is 1.73. The van der Waals surface area contributed by atoms with E-state index in [4.69, 9.17) is 10.2 Å². The molecule has 1 aliphatic rings. The van der Waals surface area contributed by atoms with Crippen LogP contribution in [0.4, 0.5) is 5.69 Å². The fraction of sp³-hybridized carbons (Fsp3) is 0.333. The maximum atomic E-state index is 12.6. The Morgan fingerprint density at radius 1 is 1.04 bits per heavy atom. The average Bonchev–Trinajstić information content (AvgIpc) is 3.15. The van der Waals surface area contributed by atoms with Crippen LogP contribution in [0.15, 0.2) is 45.9 Å². The van der Waals surface area contributed by atoms with Crippen LogP contribution in [0.5, 0.6) is 0 Å². The lowest BCUT2D eigenvalue weighted by atomic mass is 10.1. The number of nitrogens with zero attached hydrogens (tertiary/aromatic N) is 1. The highest BCUT2D eigenvalue weighted by molar-refractivity contribution is 7.89. The molecular weight excluding hydrogens is 370 g/mol. The summed E-state index contributed by atoms with van der Waals surface area (Å²) in [7, 11) is -3.72. The molecule has 2 amide bonds. The van der Waals surface area contributed by atoms with Crippen LogP contribution in [0.2, 0.25) is 0 Å². The second-order valence-electron chi connectivity index (χ2n) is 6.38. The Bertz CT molecular complexity index is 928. The van der Waals surface area contributed by atoms with Crippen LogP contribution in [0, 0.1) is 0 Å². The van der Waals surface area contributed by atoms with E-state index in [-0.39, 0.29) is 17.3 Å². The Hall–Kier alpha value is -2.65. The third-order valence-corrected chi connectivity index (χ3v) is 6.08. The maximum absolute atomic E-state index is 12.6. The van der Waals surface area contributed by atoms with Crippen molar-refractivity contribution in [3.63, 3.8) is 0 Å². The lowest BCUT2D eigenvalue weighted by Gasteiger charge is -2.24. The van der Waals surface area contributed by atoms with Gasteiger partial charge < -0.3 is 15.5 Å². The number of carbonyl (C=O) groups excluding carboxylic acids is 2. The van der Waals surface area contributed by atoms with E-state index in [2.05, 4.69) is 5.32 Å². The second kappa shape index (κ2) is 7.93. The molecule has 3 rings (SSSR count). The first-order valence-electron chi connectivity index (χ1n) is 8.65. The van der Waals surface area contributed by atoms with Crippen molar-refractivity contribution in [2.45, 2.75) is 30.8 Å². The minimum atomic E-state index is -3.72.